The molecule has 0 saturated heterocycles. The van der Waals surface area contributed by atoms with Crippen molar-refractivity contribution in [2.75, 3.05) is 12.2 Å². The van der Waals surface area contributed by atoms with Crippen LogP contribution in [0.3, 0.4) is 0 Å². The lowest BCUT2D eigenvalue weighted by atomic mass is 9.80. The van der Waals surface area contributed by atoms with Gasteiger partial charge in [0.05, 0.1) is 7.11 Å². The van der Waals surface area contributed by atoms with E-state index in [-0.39, 0.29) is 17.4 Å². The molecule has 0 radical (unpaired) electrons. The molecule has 3 nitrogen and oxygen atoms in total. The van der Waals surface area contributed by atoms with Crippen LogP contribution in [0.5, 0.6) is 5.75 Å². The maximum atomic E-state index is 12.8. The number of nitrogens with zero attached hydrogens (tertiary/aromatic N) is 1. The van der Waals surface area contributed by atoms with Crippen molar-refractivity contribution in [3.63, 3.8) is 0 Å². The Labute approximate surface area is 144 Å². The molecule has 3 rings (SSSR count). The number of rotatable bonds is 2. The van der Waals surface area contributed by atoms with Gasteiger partial charge in [-0.1, -0.05) is 51.1 Å². The Bertz CT molecular complexity index is 716. The molecule has 0 amide bonds. The molecule has 0 bridgehead atoms. The van der Waals surface area contributed by atoms with E-state index in [9.17, 15) is 5.21 Å². The number of anilines is 1. The second kappa shape index (κ2) is 6.14. The molecule has 3 heteroatoms. The highest BCUT2D eigenvalue weighted by Gasteiger charge is 2.28. The number of hydrogen-bond donors (Lipinski definition) is 0. The molecule has 0 N–H and O–H groups in total. The monoisotopic (exact) mass is 324 g/mol. The first-order chi connectivity index (χ1) is 11.3. The van der Waals surface area contributed by atoms with Crippen LogP contribution in [0.1, 0.15) is 50.3 Å². The largest absolute Gasteiger partial charge is 0.758 e. The predicted molar refractivity (Wildman–Crippen MR) is 99.9 cm³/mol. The number of benzene rings is 2. The SMILES string of the molecule is COc1ccc2c(c1)N([O-])C(C)C(c1ccc(C(C)(C)C)cc1)C2. The molecule has 0 aliphatic carbocycles. The predicted octanol–water partition coefficient (Wildman–Crippen LogP) is 5.03. The first kappa shape index (κ1) is 16.8. The van der Waals surface area contributed by atoms with Crippen molar-refractivity contribution >= 4 is 5.69 Å². The van der Waals surface area contributed by atoms with Crippen LogP contribution in [0, 0.1) is 5.21 Å². The molecule has 24 heavy (non-hydrogen) atoms. The minimum absolute atomic E-state index is 0.0925. The molecule has 1 aliphatic heterocycles. The highest BCUT2D eigenvalue weighted by molar-refractivity contribution is 5.61. The minimum Gasteiger partial charge on any atom is -0.758 e. The van der Waals surface area contributed by atoms with Crippen LogP contribution in [-0.2, 0) is 11.8 Å². The van der Waals surface area contributed by atoms with Crippen molar-refractivity contribution in [3.05, 3.63) is 64.4 Å². The molecule has 2 unspecified atom stereocenters. The van der Waals surface area contributed by atoms with Gasteiger partial charge >= 0.3 is 0 Å². The lowest BCUT2D eigenvalue weighted by Crippen LogP contribution is -2.38. The lowest BCUT2D eigenvalue weighted by molar-refractivity contribution is 0.413. The van der Waals surface area contributed by atoms with Crippen LogP contribution in [0.2, 0.25) is 0 Å². The van der Waals surface area contributed by atoms with E-state index < -0.39 is 0 Å². The fraction of sp³-hybridized carbons (Fsp3) is 0.429. The van der Waals surface area contributed by atoms with Gasteiger partial charge in [0.15, 0.2) is 0 Å². The Balaban J connectivity index is 1.92. The summed E-state index contributed by atoms with van der Waals surface area (Å²) in [4.78, 5) is 0. The second-order valence-electron chi connectivity index (χ2n) is 7.74. The van der Waals surface area contributed by atoms with E-state index in [1.165, 1.54) is 11.1 Å². The summed E-state index contributed by atoms with van der Waals surface area (Å²) in [5.74, 6) is 0.937. The quantitative estimate of drug-likeness (QED) is 0.777. The van der Waals surface area contributed by atoms with E-state index in [2.05, 4.69) is 45.0 Å². The first-order valence-corrected chi connectivity index (χ1v) is 8.55. The Morgan fingerprint density at radius 1 is 1.08 bits per heavy atom. The molecule has 1 aliphatic rings. The van der Waals surface area contributed by atoms with Gasteiger partial charge in [0.1, 0.15) is 5.75 Å². The molecule has 1 heterocycles. The van der Waals surface area contributed by atoms with Crippen molar-refractivity contribution in [3.8, 4) is 5.75 Å². The van der Waals surface area contributed by atoms with Gasteiger partial charge in [-0.2, -0.15) is 0 Å². The smallest absolute Gasteiger partial charge is 0.120 e. The van der Waals surface area contributed by atoms with Crippen molar-refractivity contribution in [1.29, 1.82) is 0 Å². The fourth-order valence-electron chi connectivity index (χ4n) is 3.47. The molecular weight excluding hydrogens is 298 g/mol. The zero-order valence-corrected chi connectivity index (χ0v) is 15.2. The maximum absolute atomic E-state index is 12.8. The highest BCUT2D eigenvalue weighted by Crippen LogP contribution is 2.40. The van der Waals surface area contributed by atoms with Crippen molar-refractivity contribution in [1.82, 2.24) is 0 Å². The summed E-state index contributed by atoms with van der Waals surface area (Å²) < 4.78 is 5.25. The van der Waals surface area contributed by atoms with Crippen LogP contribution in [0.4, 0.5) is 5.69 Å². The lowest BCUT2D eigenvalue weighted by Gasteiger charge is -2.47. The first-order valence-electron chi connectivity index (χ1n) is 8.55. The zero-order chi connectivity index (χ0) is 17.5. The zero-order valence-electron chi connectivity index (χ0n) is 15.2. The van der Waals surface area contributed by atoms with E-state index >= 15 is 0 Å². The normalized spacial score (nSPS) is 20.7. The molecule has 0 spiro atoms. The summed E-state index contributed by atoms with van der Waals surface area (Å²) >= 11 is 0. The summed E-state index contributed by atoms with van der Waals surface area (Å²) in [5, 5.41) is 13.9. The van der Waals surface area contributed by atoms with Gasteiger partial charge in [-0.05, 0) is 41.5 Å². The van der Waals surface area contributed by atoms with Crippen LogP contribution in [-0.4, -0.2) is 13.2 Å². The third kappa shape index (κ3) is 3.01. The van der Waals surface area contributed by atoms with Crippen LogP contribution in [0.25, 0.3) is 0 Å². The number of methoxy groups -OCH3 is 1. The maximum Gasteiger partial charge on any atom is 0.120 e. The molecule has 2 aromatic rings. The third-order valence-corrected chi connectivity index (χ3v) is 5.13. The van der Waals surface area contributed by atoms with Crippen molar-refractivity contribution in [2.45, 2.75) is 51.5 Å². The summed E-state index contributed by atoms with van der Waals surface area (Å²) in [6.07, 6.45) is 0.883. The van der Waals surface area contributed by atoms with E-state index in [1.54, 1.807) is 7.11 Å². The molecular formula is C21H26NO2-. The highest BCUT2D eigenvalue weighted by atomic mass is 16.5. The standard InChI is InChI=1S/C21H26NO2/c1-14-19(15-6-9-17(10-7-15)21(2,3)4)12-16-8-11-18(24-5)13-20(16)22(14)23/h6-11,13-14,19H,12H2,1-5H3/q-1. The number of hydroxylamine groups is 1. The van der Waals surface area contributed by atoms with E-state index in [0.717, 1.165) is 28.5 Å². The van der Waals surface area contributed by atoms with Crippen LogP contribution in [0.15, 0.2) is 42.5 Å². The average Bonchev–Trinajstić information content (AvgIpc) is 2.57. The molecule has 0 aromatic heterocycles. The fourth-order valence-corrected chi connectivity index (χ4v) is 3.47. The van der Waals surface area contributed by atoms with E-state index in [1.807, 2.05) is 25.1 Å². The van der Waals surface area contributed by atoms with Crippen molar-refractivity contribution < 1.29 is 4.74 Å². The molecule has 128 valence electrons. The Kier molecular flexibility index (Phi) is 4.31. The van der Waals surface area contributed by atoms with Crippen LogP contribution >= 0.6 is 0 Å². The molecule has 2 aromatic carbocycles. The van der Waals surface area contributed by atoms with E-state index in [4.69, 9.17) is 4.74 Å². The number of ether oxygens (including phenoxy) is 1. The van der Waals surface area contributed by atoms with E-state index in [0.29, 0.717) is 0 Å². The van der Waals surface area contributed by atoms with Gasteiger partial charge in [0.25, 0.3) is 0 Å². The van der Waals surface area contributed by atoms with Gasteiger partial charge in [-0.15, -0.1) is 0 Å². The topological polar surface area (TPSA) is 35.5 Å². The Hall–Kier alpha value is -2.00. The van der Waals surface area contributed by atoms with Crippen molar-refractivity contribution in [2.24, 2.45) is 0 Å². The molecule has 0 fully saturated rings. The summed E-state index contributed by atoms with van der Waals surface area (Å²) in [6.45, 7) is 8.66. The molecule has 0 saturated carbocycles. The van der Waals surface area contributed by atoms with Gasteiger partial charge in [0, 0.05) is 23.7 Å². The van der Waals surface area contributed by atoms with Gasteiger partial charge in [0.2, 0.25) is 0 Å². The summed E-state index contributed by atoms with van der Waals surface area (Å²) in [7, 11) is 1.63. The minimum atomic E-state index is -0.0925. The number of fused-ring (bicyclic) bond motifs is 1. The third-order valence-electron chi connectivity index (χ3n) is 5.13. The second-order valence-corrected chi connectivity index (χ2v) is 7.74. The Morgan fingerprint density at radius 2 is 1.75 bits per heavy atom. The number of hydrogen-bond acceptors (Lipinski definition) is 3. The summed E-state index contributed by atoms with van der Waals surface area (Å²) in [6, 6.07) is 14.5. The van der Waals surface area contributed by atoms with Gasteiger partial charge < -0.3 is 15.0 Å². The summed E-state index contributed by atoms with van der Waals surface area (Å²) in [5.41, 5.74) is 4.53. The van der Waals surface area contributed by atoms with Gasteiger partial charge in [-0.3, -0.25) is 0 Å². The average molecular weight is 324 g/mol. The van der Waals surface area contributed by atoms with Crippen LogP contribution < -0.4 is 9.80 Å². The van der Waals surface area contributed by atoms with Gasteiger partial charge in [-0.25, -0.2) is 0 Å². The Morgan fingerprint density at radius 3 is 2.33 bits per heavy atom. The molecule has 2 atom stereocenters.